The zero-order chi connectivity index (χ0) is 11.6. The third-order valence-corrected chi connectivity index (χ3v) is 2.75. The number of carbonyl (C=O) groups excluding carboxylic acids is 1. The lowest BCUT2D eigenvalue weighted by Crippen LogP contribution is -2.47. The Morgan fingerprint density at radius 2 is 1.87 bits per heavy atom. The van der Waals surface area contributed by atoms with Crippen molar-refractivity contribution in [3.05, 3.63) is 0 Å². The minimum Gasteiger partial charge on any atom is -0.444 e. The van der Waals surface area contributed by atoms with Gasteiger partial charge in [-0.25, -0.2) is 4.79 Å². The molecule has 0 spiro atoms. The standard InChI is InChI=1S/C12H23NO2/c1-9-6-7-10(2)13(8-9)11(14)15-12(3,4)5/h9-10H,6-8H2,1-5H3/t9-,10-/m0/s1. The molecule has 1 heterocycles. The first kappa shape index (κ1) is 12.3. The number of hydrogen-bond acceptors (Lipinski definition) is 2. The summed E-state index contributed by atoms with van der Waals surface area (Å²) in [4.78, 5) is 13.7. The van der Waals surface area contributed by atoms with Crippen LogP contribution in [-0.2, 0) is 4.74 Å². The van der Waals surface area contributed by atoms with Crippen LogP contribution in [0, 0.1) is 5.92 Å². The van der Waals surface area contributed by atoms with E-state index in [2.05, 4.69) is 13.8 Å². The smallest absolute Gasteiger partial charge is 0.410 e. The second-order valence-electron chi connectivity index (χ2n) is 5.66. The lowest BCUT2D eigenvalue weighted by molar-refractivity contribution is 0.00654. The van der Waals surface area contributed by atoms with Gasteiger partial charge in [-0.3, -0.25) is 0 Å². The molecule has 1 rings (SSSR count). The van der Waals surface area contributed by atoms with E-state index in [9.17, 15) is 4.79 Å². The van der Waals surface area contributed by atoms with Crippen molar-refractivity contribution in [1.29, 1.82) is 0 Å². The lowest BCUT2D eigenvalue weighted by atomic mass is 9.95. The number of hydrogen-bond donors (Lipinski definition) is 0. The second kappa shape index (κ2) is 4.42. The Balaban J connectivity index is 2.57. The van der Waals surface area contributed by atoms with Crippen molar-refractivity contribution in [2.75, 3.05) is 6.54 Å². The molecule has 3 heteroatoms. The Hall–Kier alpha value is -0.730. The third-order valence-electron chi connectivity index (χ3n) is 2.75. The maximum atomic E-state index is 11.9. The van der Waals surface area contributed by atoms with Gasteiger partial charge in [-0.1, -0.05) is 6.92 Å². The van der Waals surface area contributed by atoms with Gasteiger partial charge in [0.05, 0.1) is 0 Å². The molecule has 0 bridgehead atoms. The first-order chi connectivity index (χ1) is 6.79. The lowest BCUT2D eigenvalue weighted by Gasteiger charge is -2.37. The van der Waals surface area contributed by atoms with Gasteiger partial charge < -0.3 is 9.64 Å². The molecule has 1 aliphatic rings. The minimum absolute atomic E-state index is 0.165. The van der Waals surface area contributed by atoms with Gasteiger partial charge in [0.15, 0.2) is 0 Å². The van der Waals surface area contributed by atoms with Crippen molar-refractivity contribution in [2.45, 2.75) is 59.1 Å². The van der Waals surface area contributed by atoms with E-state index in [-0.39, 0.29) is 6.09 Å². The summed E-state index contributed by atoms with van der Waals surface area (Å²) in [5.74, 6) is 0.591. The molecule has 1 aliphatic heterocycles. The second-order valence-corrected chi connectivity index (χ2v) is 5.66. The summed E-state index contributed by atoms with van der Waals surface area (Å²) >= 11 is 0. The summed E-state index contributed by atoms with van der Waals surface area (Å²) in [6.07, 6.45) is 2.13. The van der Waals surface area contributed by atoms with E-state index < -0.39 is 5.60 Å². The van der Waals surface area contributed by atoms with Crippen LogP contribution in [0.3, 0.4) is 0 Å². The maximum absolute atomic E-state index is 11.9. The third kappa shape index (κ3) is 3.73. The van der Waals surface area contributed by atoms with E-state index in [1.165, 1.54) is 6.42 Å². The molecule has 15 heavy (non-hydrogen) atoms. The number of likely N-dealkylation sites (tertiary alicyclic amines) is 1. The van der Waals surface area contributed by atoms with Crippen LogP contribution in [0.25, 0.3) is 0 Å². The number of ether oxygens (including phenoxy) is 1. The predicted octanol–water partition coefficient (Wildman–Crippen LogP) is 3.04. The molecule has 1 amide bonds. The van der Waals surface area contributed by atoms with Crippen LogP contribution in [0.4, 0.5) is 4.79 Å². The molecule has 2 atom stereocenters. The molecule has 1 saturated heterocycles. The summed E-state index contributed by atoms with van der Waals surface area (Å²) in [7, 11) is 0. The van der Waals surface area contributed by atoms with Gasteiger partial charge >= 0.3 is 6.09 Å². The van der Waals surface area contributed by atoms with E-state index >= 15 is 0 Å². The van der Waals surface area contributed by atoms with Crippen molar-refractivity contribution >= 4 is 6.09 Å². The van der Waals surface area contributed by atoms with Gasteiger partial charge in [0.1, 0.15) is 5.60 Å². The first-order valence-electron chi connectivity index (χ1n) is 5.79. The maximum Gasteiger partial charge on any atom is 0.410 e. The molecule has 0 aromatic rings. The van der Waals surface area contributed by atoms with E-state index in [0.717, 1.165) is 13.0 Å². The number of carbonyl (C=O) groups is 1. The largest absolute Gasteiger partial charge is 0.444 e. The fraction of sp³-hybridized carbons (Fsp3) is 0.917. The molecular weight excluding hydrogens is 190 g/mol. The van der Waals surface area contributed by atoms with Gasteiger partial charge in [0.25, 0.3) is 0 Å². The van der Waals surface area contributed by atoms with Crippen LogP contribution >= 0.6 is 0 Å². The highest BCUT2D eigenvalue weighted by atomic mass is 16.6. The van der Waals surface area contributed by atoms with E-state index in [4.69, 9.17) is 4.74 Å². The normalized spacial score (nSPS) is 27.7. The average Bonchev–Trinajstić information content (AvgIpc) is 2.06. The van der Waals surface area contributed by atoms with Crippen LogP contribution in [0.15, 0.2) is 0 Å². The Morgan fingerprint density at radius 3 is 2.40 bits per heavy atom. The molecule has 88 valence electrons. The monoisotopic (exact) mass is 213 g/mol. The van der Waals surface area contributed by atoms with Crippen LogP contribution in [0.2, 0.25) is 0 Å². The van der Waals surface area contributed by atoms with Crippen LogP contribution in [-0.4, -0.2) is 29.2 Å². The highest BCUT2D eigenvalue weighted by Crippen LogP contribution is 2.23. The van der Waals surface area contributed by atoms with Gasteiger partial charge in [-0.05, 0) is 46.5 Å². The van der Waals surface area contributed by atoms with Crippen molar-refractivity contribution in [2.24, 2.45) is 5.92 Å². The Morgan fingerprint density at radius 1 is 1.27 bits per heavy atom. The SMILES string of the molecule is C[C@H]1CC[C@H](C)N(C(=O)OC(C)(C)C)C1. The summed E-state index contributed by atoms with van der Waals surface area (Å²) in [5, 5.41) is 0. The quantitative estimate of drug-likeness (QED) is 0.619. The fourth-order valence-corrected chi connectivity index (χ4v) is 1.86. The zero-order valence-electron chi connectivity index (χ0n) is 10.5. The molecular formula is C12H23NO2. The molecule has 0 aliphatic carbocycles. The summed E-state index contributed by atoms with van der Waals surface area (Å²) in [6, 6.07) is 0.316. The van der Waals surface area contributed by atoms with Crippen LogP contribution in [0.5, 0.6) is 0 Å². The summed E-state index contributed by atoms with van der Waals surface area (Å²) < 4.78 is 5.38. The fourth-order valence-electron chi connectivity index (χ4n) is 1.86. The van der Waals surface area contributed by atoms with E-state index in [0.29, 0.717) is 12.0 Å². The Kier molecular flexibility index (Phi) is 3.63. The molecule has 0 radical (unpaired) electrons. The minimum atomic E-state index is -0.391. The van der Waals surface area contributed by atoms with Crippen LogP contribution in [0.1, 0.15) is 47.5 Å². The van der Waals surface area contributed by atoms with E-state index in [1.54, 1.807) is 0 Å². The van der Waals surface area contributed by atoms with Gasteiger partial charge in [0, 0.05) is 12.6 Å². The first-order valence-corrected chi connectivity index (χ1v) is 5.79. The molecule has 3 nitrogen and oxygen atoms in total. The number of piperidine rings is 1. The zero-order valence-corrected chi connectivity index (χ0v) is 10.5. The molecule has 0 aromatic carbocycles. The van der Waals surface area contributed by atoms with Crippen molar-refractivity contribution in [3.8, 4) is 0 Å². The summed E-state index contributed by atoms with van der Waals surface area (Å²) in [6.45, 7) is 10.8. The molecule has 0 aromatic heterocycles. The van der Waals surface area contributed by atoms with Gasteiger partial charge in [-0.15, -0.1) is 0 Å². The van der Waals surface area contributed by atoms with Crippen molar-refractivity contribution < 1.29 is 9.53 Å². The Bertz CT molecular complexity index is 232. The highest BCUT2D eigenvalue weighted by molar-refractivity contribution is 5.68. The van der Waals surface area contributed by atoms with Gasteiger partial charge in [0.2, 0.25) is 0 Å². The molecule has 1 fully saturated rings. The Labute approximate surface area is 92.8 Å². The summed E-state index contributed by atoms with van der Waals surface area (Å²) in [5.41, 5.74) is -0.391. The van der Waals surface area contributed by atoms with Crippen LogP contribution < -0.4 is 0 Å². The highest BCUT2D eigenvalue weighted by Gasteiger charge is 2.30. The molecule has 0 saturated carbocycles. The predicted molar refractivity (Wildman–Crippen MR) is 60.8 cm³/mol. The molecule has 0 unspecified atom stereocenters. The van der Waals surface area contributed by atoms with Crippen molar-refractivity contribution in [3.63, 3.8) is 0 Å². The number of rotatable bonds is 0. The van der Waals surface area contributed by atoms with E-state index in [1.807, 2.05) is 25.7 Å². The average molecular weight is 213 g/mol. The van der Waals surface area contributed by atoms with Gasteiger partial charge in [-0.2, -0.15) is 0 Å². The number of nitrogens with zero attached hydrogens (tertiary/aromatic N) is 1. The number of amides is 1. The topological polar surface area (TPSA) is 29.5 Å². The van der Waals surface area contributed by atoms with Crippen molar-refractivity contribution in [1.82, 2.24) is 4.90 Å². The molecule has 0 N–H and O–H groups in total.